The first-order valence-electron chi connectivity index (χ1n) is 8.13. The van der Waals surface area contributed by atoms with Crippen molar-refractivity contribution in [3.63, 3.8) is 0 Å². The summed E-state index contributed by atoms with van der Waals surface area (Å²) in [6.45, 7) is 8.01. The predicted molar refractivity (Wildman–Crippen MR) is 97.4 cm³/mol. The average Bonchev–Trinajstić information content (AvgIpc) is 2.91. The van der Waals surface area contributed by atoms with Gasteiger partial charge in [0.1, 0.15) is 5.25 Å². The van der Waals surface area contributed by atoms with E-state index in [0.717, 1.165) is 0 Å². The fourth-order valence-corrected chi connectivity index (χ4v) is 4.03. The molecule has 0 radical (unpaired) electrons. The number of amidine groups is 1. The van der Waals surface area contributed by atoms with Gasteiger partial charge in [0.2, 0.25) is 0 Å². The van der Waals surface area contributed by atoms with E-state index in [1.165, 1.54) is 11.8 Å². The summed E-state index contributed by atoms with van der Waals surface area (Å²) in [6, 6.07) is 8.32. The van der Waals surface area contributed by atoms with E-state index in [1.54, 1.807) is 31.2 Å². The van der Waals surface area contributed by atoms with Crippen molar-refractivity contribution in [2.24, 2.45) is 4.99 Å². The number of ether oxygens (including phenoxy) is 1. The van der Waals surface area contributed by atoms with Crippen LogP contribution in [0.25, 0.3) is 0 Å². The maximum Gasteiger partial charge on any atom is 0.321 e. The topological polar surface area (TPSA) is 82.8 Å². The quantitative estimate of drug-likeness (QED) is 0.769. The summed E-state index contributed by atoms with van der Waals surface area (Å²) in [7, 11) is 0. The van der Waals surface area contributed by atoms with E-state index in [0.29, 0.717) is 22.9 Å². The number of amides is 1. The molecule has 132 valence electrons. The van der Waals surface area contributed by atoms with E-state index in [9.17, 15) is 9.59 Å². The van der Waals surface area contributed by atoms with Gasteiger partial charge in [-0.1, -0.05) is 11.8 Å². The fraction of sp³-hybridized carbons (Fsp3) is 0.444. The molecular formula is C18H21N3O3S. The van der Waals surface area contributed by atoms with Gasteiger partial charge in [-0.2, -0.15) is 10.3 Å². The minimum atomic E-state index is -0.408. The van der Waals surface area contributed by atoms with Crippen molar-refractivity contribution < 1.29 is 14.3 Å². The molecule has 1 saturated heterocycles. The highest BCUT2D eigenvalue weighted by Crippen LogP contribution is 2.34. The number of aliphatic imine (C=N–C) groups is 1. The highest BCUT2D eigenvalue weighted by atomic mass is 32.2. The Hall–Kier alpha value is -2.33. The smallest absolute Gasteiger partial charge is 0.321 e. The Bertz CT molecular complexity index is 722. The monoisotopic (exact) mass is 359 g/mol. The largest absolute Gasteiger partial charge is 0.465 e. The molecule has 0 bridgehead atoms. The molecule has 0 saturated carbocycles. The van der Waals surface area contributed by atoms with Crippen LogP contribution in [-0.2, 0) is 9.53 Å². The van der Waals surface area contributed by atoms with Crippen molar-refractivity contribution in [2.45, 2.75) is 45.0 Å². The standard InChI is InChI=1S/C18H21N3O3S/c1-5-24-17(23)15-12(4)21(11(2)3)18(25-15)20-16(22)14-8-6-13(10-19)7-9-14/h6-9,11-12,15H,5H2,1-4H3. The Labute approximate surface area is 151 Å². The van der Waals surface area contributed by atoms with Crippen LogP contribution in [0.1, 0.15) is 43.6 Å². The van der Waals surface area contributed by atoms with Gasteiger partial charge >= 0.3 is 5.97 Å². The second-order valence-electron chi connectivity index (χ2n) is 5.92. The zero-order chi connectivity index (χ0) is 18.6. The average molecular weight is 359 g/mol. The SMILES string of the molecule is CCOC(=O)C1SC(=NC(=O)c2ccc(C#N)cc2)N(C(C)C)C1C. The molecule has 2 atom stereocenters. The first-order chi connectivity index (χ1) is 11.9. The Morgan fingerprint density at radius 1 is 1.36 bits per heavy atom. The molecule has 1 aromatic carbocycles. The number of carbonyl (C=O) groups excluding carboxylic acids is 2. The molecule has 1 amide bonds. The van der Waals surface area contributed by atoms with Gasteiger partial charge in [0.05, 0.1) is 24.3 Å². The van der Waals surface area contributed by atoms with Gasteiger partial charge in [-0.05, 0) is 52.0 Å². The molecule has 1 fully saturated rings. The number of nitrogens with zero attached hydrogens (tertiary/aromatic N) is 3. The zero-order valence-electron chi connectivity index (χ0n) is 14.7. The molecule has 0 N–H and O–H groups in total. The highest BCUT2D eigenvalue weighted by Gasteiger charge is 2.43. The van der Waals surface area contributed by atoms with Crippen LogP contribution >= 0.6 is 11.8 Å². The maximum absolute atomic E-state index is 12.5. The molecule has 0 spiro atoms. The van der Waals surface area contributed by atoms with Crippen LogP contribution < -0.4 is 0 Å². The van der Waals surface area contributed by atoms with Crippen molar-refractivity contribution in [2.75, 3.05) is 6.61 Å². The third-order valence-corrected chi connectivity index (χ3v) is 5.22. The van der Waals surface area contributed by atoms with Gasteiger partial charge in [-0.15, -0.1) is 0 Å². The lowest BCUT2D eigenvalue weighted by molar-refractivity contribution is -0.143. The number of carbonyl (C=O) groups is 2. The third-order valence-electron chi connectivity index (χ3n) is 3.86. The lowest BCUT2D eigenvalue weighted by atomic mass is 10.1. The minimum absolute atomic E-state index is 0.0921. The molecule has 1 aliphatic heterocycles. The number of hydrogen-bond donors (Lipinski definition) is 0. The molecule has 25 heavy (non-hydrogen) atoms. The lowest BCUT2D eigenvalue weighted by Gasteiger charge is -2.28. The summed E-state index contributed by atoms with van der Waals surface area (Å²) in [5, 5.41) is 8.95. The second kappa shape index (κ2) is 8.17. The number of nitriles is 1. The molecule has 0 aliphatic carbocycles. The van der Waals surface area contributed by atoms with E-state index in [4.69, 9.17) is 10.00 Å². The number of hydrogen-bond acceptors (Lipinski definition) is 5. The van der Waals surface area contributed by atoms with Crippen molar-refractivity contribution >= 4 is 28.8 Å². The summed E-state index contributed by atoms with van der Waals surface area (Å²) in [4.78, 5) is 30.8. The van der Waals surface area contributed by atoms with Gasteiger partial charge in [0, 0.05) is 11.6 Å². The van der Waals surface area contributed by atoms with Crippen molar-refractivity contribution in [3.8, 4) is 6.07 Å². The third kappa shape index (κ3) is 4.20. The number of rotatable bonds is 4. The maximum atomic E-state index is 12.5. The Kier molecular flexibility index (Phi) is 6.21. The number of benzene rings is 1. The van der Waals surface area contributed by atoms with Crippen molar-refractivity contribution in [1.82, 2.24) is 4.90 Å². The highest BCUT2D eigenvalue weighted by molar-refractivity contribution is 8.15. The molecule has 2 unspecified atom stereocenters. The number of thioether (sulfide) groups is 1. The molecule has 0 aromatic heterocycles. The van der Waals surface area contributed by atoms with Crippen LogP contribution in [0.15, 0.2) is 29.3 Å². The Balaban J connectivity index is 2.27. The Morgan fingerprint density at radius 2 is 2.00 bits per heavy atom. The van der Waals surface area contributed by atoms with Gasteiger partial charge in [-0.3, -0.25) is 9.59 Å². The first-order valence-corrected chi connectivity index (χ1v) is 9.01. The van der Waals surface area contributed by atoms with E-state index < -0.39 is 11.2 Å². The molecule has 6 nitrogen and oxygen atoms in total. The summed E-state index contributed by atoms with van der Waals surface area (Å²) < 4.78 is 5.13. The second-order valence-corrected chi connectivity index (χ2v) is 7.03. The van der Waals surface area contributed by atoms with Crippen LogP contribution in [0.4, 0.5) is 0 Å². The van der Waals surface area contributed by atoms with Crippen molar-refractivity contribution in [3.05, 3.63) is 35.4 Å². The Morgan fingerprint density at radius 3 is 2.52 bits per heavy atom. The molecule has 7 heteroatoms. The predicted octanol–water partition coefficient (Wildman–Crippen LogP) is 2.83. The van der Waals surface area contributed by atoms with Crippen molar-refractivity contribution in [1.29, 1.82) is 5.26 Å². The summed E-state index contributed by atoms with van der Waals surface area (Å²) in [5.74, 6) is -0.684. The minimum Gasteiger partial charge on any atom is -0.465 e. The van der Waals surface area contributed by atoms with E-state index in [1.807, 2.05) is 31.7 Å². The van der Waals surface area contributed by atoms with Crippen LogP contribution in [-0.4, -0.2) is 45.9 Å². The van der Waals surface area contributed by atoms with Crippen LogP contribution in [0.5, 0.6) is 0 Å². The van der Waals surface area contributed by atoms with Gasteiger partial charge in [0.15, 0.2) is 5.17 Å². The molecule has 1 heterocycles. The van der Waals surface area contributed by atoms with E-state index in [-0.39, 0.29) is 18.1 Å². The molecular weight excluding hydrogens is 338 g/mol. The molecule has 1 aliphatic rings. The first kappa shape index (κ1) is 19.0. The van der Waals surface area contributed by atoms with Gasteiger partial charge in [0.25, 0.3) is 5.91 Å². The van der Waals surface area contributed by atoms with Crippen LogP contribution in [0.3, 0.4) is 0 Å². The normalized spacial score (nSPS) is 21.4. The zero-order valence-corrected chi connectivity index (χ0v) is 15.5. The van der Waals surface area contributed by atoms with E-state index in [2.05, 4.69) is 4.99 Å². The van der Waals surface area contributed by atoms with Crippen LogP contribution in [0, 0.1) is 11.3 Å². The van der Waals surface area contributed by atoms with Gasteiger partial charge < -0.3 is 9.64 Å². The summed E-state index contributed by atoms with van der Waals surface area (Å²) >= 11 is 1.26. The molecule has 1 aromatic rings. The van der Waals surface area contributed by atoms with Gasteiger partial charge in [-0.25, -0.2) is 0 Å². The fourth-order valence-electron chi connectivity index (χ4n) is 2.68. The summed E-state index contributed by atoms with van der Waals surface area (Å²) in [6.07, 6.45) is 0. The molecule has 2 rings (SSSR count). The van der Waals surface area contributed by atoms with Crippen LogP contribution in [0.2, 0.25) is 0 Å². The number of esters is 1. The van der Waals surface area contributed by atoms with E-state index >= 15 is 0 Å². The summed E-state index contributed by atoms with van der Waals surface area (Å²) in [5.41, 5.74) is 0.891. The lowest BCUT2D eigenvalue weighted by Crippen LogP contribution is -2.42.